The van der Waals surface area contributed by atoms with Crippen LogP contribution in [0.25, 0.3) is 0 Å². The average molecular weight is 227 g/mol. The van der Waals surface area contributed by atoms with Gasteiger partial charge in [0.2, 0.25) is 0 Å². The van der Waals surface area contributed by atoms with Crippen molar-refractivity contribution in [3.63, 3.8) is 0 Å². The zero-order chi connectivity index (χ0) is 11.5. The van der Waals surface area contributed by atoms with E-state index < -0.39 is 12.3 Å². The summed E-state index contributed by atoms with van der Waals surface area (Å²) in [4.78, 5) is 1.59. The molecule has 0 unspecified atom stereocenters. The highest BCUT2D eigenvalue weighted by Gasteiger charge is 2.39. The Morgan fingerprint density at radius 1 is 1.53 bits per heavy atom. The van der Waals surface area contributed by atoms with Gasteiger partial charge in [-0.1, -0.05) is 0 Å². The molecule has 0 bridgehead atoms. The Balaban J connectivity index is 2.42. The quantitative estimate of drug-likeness (QED) is 0.764. The fourth-order valence-electron chi connectivity index (χ4n) is 1.59. The molecule has 0 spiro atoms. The summed E-state index contributed by atoms with van der Waals surface area (Å²) in [5.41, 5.74) is 0. The molecule has 0 saturated carbocycles. The Hall–Kier alpha value is -0.330. The molecule has 0 amide bonds. The minimum Gasteiger partial charge on any atom is -0.382 e. The van der Waals surface area contributed by atoms with Gasteiger partial charge in [-0.15, -0.1) is 0 Å². The van der Waals surface area contributed by atoms with Gasteiger partial charge >= 0.3 is 6.18 Å². The molecule has 0 aromatic rings. The predicted molar refractivity (Wildman–Crippen MR) is 48.5 cm³/mol. The normalized spacial score (nSPS) is 27.4. The zero-order valence-electron chi connectivity index (χ0n) is 8.63. The number of ether oxygens (including phenoxy) is 1. The van der Waals surface area contributed by atoms with Crippen molar-refractivity contribution >= 4 is 0 Å². The Labute approximate surface area is 86.8 Å². The number of hydrogen-bond donors (Lipinski definition) is 1. The summed E-state index contributed by atoms with van der Waals surface area (Å²) in [6.07, 6.45) is -6.17. The maximum atomic E-state index is 12.1. The first-order valence-corrected chi connectivity index (χ1v) is 4.98. The van der Waals surface area contributed by atoms with Gasteiger partial charge in [0.15, 0.2) is 6.10 Å². The van der Waals surface area contributed by atoms with Gasteiger partial charge in [-0.05, 0) is 13.3 Å². The lowest BCUT2D eigenvalue weighted by Crippen LogP contribution is -2.43. The first kappa shape index (κ1) is 12.7. The van der Waals surface area contributed by atoms with Crippen molar-refractivity contribution in [2.75, 3.05) is 26.2 Å². The fraction of sp³-hybridized carbons (Fsp3) is 1.00. The molecule has 90 valence electrons. The van der Waals surface area contributed by atoms with Crippen LogP contribution in [0.15, 0.2) is 0 Å². The summed E-state index contributed by atoms with van der Waals surface area (Å²) >= 11 is 0. The van der Waals surface area contributed by atoms with E-state index in [0.29, 0.717) is 26.1 Å². The van der Waals surface area contributed by atoms with Gasteiger partial charge in [-0.25, -0.2) is 0 Å². The third kappa shape index (κ3) is 4.36. The van der Waals surface area contributed by atoms with E-state index in [1.165, 1.54) is 0 Å². The van der Waals surface area contributed by atoms with Gasteiger partial charge in [0.25, 0.3) is 0 Å². The number of hydrogen-bond acceptors (Lipinski definition) is 3. The van der Waals surface area contributed by atoms with Crippen molar-refractivity contribution < 1.29 is 23.0 Å². The van der Waals surface area contributed by atoms with Gasteiger partial charge in [0, 0.05) is 26.2 Å². The summed E-state index contributed by atoms with van der Waals surface area (Å²) < 4.78 is 41.6. The molecule has 0 aromatic heterocycles. The smallest absolute Gasteiger partial charge is 0.382 e. The number of nitrogens with zero attached hydrogens (tertiary/aromatic N) is 1. The summed E-state index contributed by atoms with van der Waals surface area (Å²) in [7, 11) is 0. The SMILES string of the molecule is C[C@H]1CN(C[C@H](O)C(F)(F)F)CCCO1. The van der Waals surface area contributed by atoms with Crippen molar-refractivity contribution in [2.45, 2.75) is 31.7 Å². The Bertz CT molecular complexity index is 198. The lowest BCUT2D eigenvalue weighted by atomic mass is 10.2. The molecule has 6 heteroatoms. The van der Waals surface area contributed by atoms with E-state index in [2.05, 4.69) is 0 Å². The summed E-state index contributed by atoms with van der Waals surface area (Å²) in [5.74, 6) is 0. The van der Waals surface area contributed by atoms with Gasteiger partial charge in [-0.3, -0.25) is 4.90 Å². The monoisotopic (exact) mass is 227 g/mol. The maximum absolute atomic E-state index is 12.1. The molecule has 1 N–H and O–H groups in total. The van der Waals surface area contributed by atoms with Gasteiger partial charge in [0.1, 0.15) is 0 Å². The number of halogens is 3. The summed E-state index contributed by atoms with van der Waals surface area (Å²) in [6.45, 7) is 3.00. The van der Waals surface area contributed by atoms with Crippen LogP contribution in [0.2, 0.25) is 0 Å². The molecule has 3 nitrogen and oxygen atoms in total. The van der Waals surface area contributed by atoms with Gasteiger partial charge in [0.05, 0.1) is 6.10 Å². The van der Waals surface area contributed by atoms with Crippen molar-refractivity contribution in [1.82, 2.24) is 4.90 Å². The molecule has 1 saturated heterocycles. The molecule has 1 rings (SSSR count). The molecule has 0 aromatic carbocycles. The molecule has 1 heterocycles. The third-order valence-electron chi connectivity index (χ3n) is 2.35. The summed E-state index contributed by atoms with van der Waals surface area (Å²) in [6, 6.07) is 0. The molecule has 1 aliphatic rings. The molecule has 1 fully saturated rings. The first-order chi connectivity index (χ1) is 6.89. The van der Waals surface area contributed by atoms with E-state index >= 15 is 0 Å². The van der Waals surface area contributed by atoms with E-state index in [-0.39, 0.29) is 12.6 Å². The highest BCUT2D eigenvalue weighted by atomic mass is 19.4. The second-order valence-corrected chi connectivity index (χ2v) is 3.85. The van der Waals surface area contributed by atoms with Gasteiger partial charge in [-0.2, -0.15) is 13.2 Å². The number of aliphatic hydroxyl groups is 1. The Morgan fingerprint density at radius 2 is 2.20 bits per heavy atom. The van der Waals surface area contributed by atoms with E-state index in [0.717, 1.165) is 0 Å². The second kappa shape index (κ2) is 5.14. The van der Waals surface area contributed by atoms with Crippen LogP contribution in [0.1, 0.15) is 13.3 Å². The number of aliphatic hydroxyl groups excluding tert-OH is 1. The third-order valence-corrected chi connectivity index (χ3v) is 2.35. The van der Waals surface area contributed by atoms with E-state index in [1.54, 1.807) is 4.90 Å². The topological polar surface area (TPSA) is 32.7 Å². The van der Waals surface area contributed by atoms with Crippen LogP contribution in [0.3, 0.4) is 0 Å². The predicted octanol–water partition coefficient (Wildman–Crippen LogP) is 1.02. The van der Waals surface area contributed by atoms with Crippen molar-refractivity contribution in [3.05, 3.63) is 0 Å². The van der Waals surface area contributed by atoms with E-state index in [4.69, 9.17) is 9.84 Å². The van der Waals surface area contributed by atoms with Crippen molar-refractivity contribution in [1.29, 1.82) is 0 Å². The van der Waals surface area contributed by atoms with Crippen molar-refractivity contribution in [2.24, 2.45) is 0 Å². The molecule has 1 aliphatic heterocycles. The Kier molecular flexibility index (Phi) is 4.36. The van der Waals surface area contributed by atoms with E-state index in [9.17, 15) is 13.2 Å². The van der Waals surface area contributed by atoms with Crippen molar-refractivity contribution in [3.8, 4) is 0 Å². The lowest BCUT2D eigenvalue weighted by molar-refractivity contribution is -0.208. The molecular formula is C9H16F3NO2. The maximum Gasteiger partial charge on any atom is 0.415 e. The molecule has 0 radical (unpaired) electrons. The highest BCUT2D eigenvalue weighted by molar-refractivity contribution is 4.74. The molecule has 15 heavy (non-hydrogen) atoms. The number of alkyl halides is 3. The molecule has 2 atom stereocenters. The Morgan fingerprint density at radius 3 is 2.80 bits per heavy atom. The largest absolute Gasteiger partial charge is 0.415 e. The van der Waals surface area contributed by atoms with Crippen LogP contribution in [0.5, 0.6) is 0 Å². The van der Waals surface area contributed by atoms with Crippen LogP contribution < -0.4 is 0 Å². The standard InChI is InChI=1S/C9H16F3NO2/c1-7-5-13(3-2-4-15-7)6-8(14)9(10,11)12/h7-8,14H,2-6H2,1H3/t7-,8-/m0/s1. The minimum atomic E-state index is -4.53. The average Bonchev–Trinajstić information content (AvgIpc) is 2.28. The van der Waals surface area contributed by atoms with Crippen LogP contribution in [-0.4, -0.2) is 54.6 Å². The van der Waals surface area contributed by atoms with Gasteiger partial charge < -0.3 is 9.84 Å². The van der Waals surface area contributed by atoms with Crippen LogP contribution in [0.4, 0.5) is 13.2 Å². The summed E-state index contributed by atoms with van der Waals surface area (Å²) in [5, 5.41) is 8.91. The second-order valence-electron chi connectivity index (χ2n) is 3.85. The minimum absolute atomic E-state index is 0.0760. The number of rotatable bonds is 2. The molecule has 0 aliphatic carbocycles. The molecular weight excluding hydrogens is 211 g/mol. The fourth-order valence-corrected chi connectivity index (χ4v) is 1.59. The van der Waals surface area contributed by atoms with Crippen LogP contribution >= 0.6 is 0 Å². The lowest BCUT2D eigenvalue weighted by Gasteiger charge is -2.25. The zero-order valence-corrected chi connectivity index (χ0v) is 8.63. The highest BCUT2D eigenvalue weighted by Crippen LogP contribution is 2.21. The van der Waals surface area contributed by atoms with E-state index in [1.807, 2.05) is 6.92 Å². The number of β-amino-alcohol motifs (C(OH)–C–C–N with tert-alkyl or cyclic N) is 1. The first-order valence-electron chi connectivity index (χ1n) is 4.98. The van der Waals surface area contributed by atoms with Crippen LogP contribution in [-0.2, 0) is 4.74 Å². The van der Waals surface area contributed by atoms with Crippen LogP contribution in [0, 0.1) is 0 Å².